The molecule has 9 nitrogen and oxygen atoms in total. The van der Waals surface area contributed by atoms with E-state index < -0.39 is 5.97 Å². The Morgan fingerprint density at radius 3 is 2.40 bits per heavy atom. The number of hydrogen-bond donors (Lipinski definition) is 1. The average molecular weight is 481 g/mol. The van der Waals surface area contributed by atoms with Gasteiger partial charge in [-0.05, 0) is 42.8 Å². The highest BCUT2D eigenvalue weighted by Gasteiger charge is 2.36. The van der Waals surface area contributed by atoms with Crippen LogP contribution in [-0.4, -0.2) is 63.8 Å². The lowest BCUT2D eigenvalue weighted by Gasteiger charge is -2.16. The number of rotatable bonds is 10. The molecule has 2 amide bonds. The van der Waals surface area contributed by atoms with Gasteiger partial charge in [-0.25, -0.2) is 4.79 Å². The first-order chi connectivity index (χ1) is 16.9. The Morgan fingerprint density at radius 1 is 1.03 bits per heavy atom. The van der Waals surface area contributed by atoms with Gasteiger partial charge in [0.25, 0.3) is 11.8 Å². The molecule has 1 aliphatic rings. The topological polar surface area (TPSA) is 103 Å². The number of anilines is 1. The van der Waals surface area contributed by atoms with Crippen LogP contribution in [0.15, 0.2) is 65.4 Å². The Bertz CT molecular complexity index is 1150. The Kier molecular flexibility index (Phi) is 8.63. The molecule has 35 heavy (non-hydrogen) atoms. The van der Waals surface area contributed by atoms with E-state index in [0.29, 0.717) is 41.6 Å². The molecule has 0 aliphatic carbocycles. The van der Waals surface area contributed by atoms with Crippen LogP contribution in [0.4, 0.5) is 5.69 Å². The van der Waals surface area contributed by atoms with Crippen LogP contribution in [-0.2, 0) is 23.9 Å². The van der Waals surface area contributed by atoms with Crippen LogP contribution in [0, 0.1) is 0 Å². The van der Waals surface area contributed by atoms with Crippen LogP contribution < -0.4 is 14.8 Å². The lowest BCUT2D eigenvalue weighted by molar-refractivity contribution is -0.136. The van der Waals surface area contributed by atoms with E-state index in [0.717, 1.165) is 0 Å². The van der Waals surface area contributed by atoms with Gasteiger partial charge in [0, 0.05) is 19.4 Å². The van der Waals surface area contributed by atoms with E-state index in [9.17, 15) is 14.4 Å². The number of hydrogen-bond acceptors (Lipinski definition) is 7. The molecule has 0 unspecified atom stereocenters. The van der Waals surface area contributed by atoms with E-state index in [4.69, 9.17) is 18.9 Å². The zero-order valence-corrected chi connectivity index (χ0v) is 20.1. The molecule has 1 aliphatic heterocycles. The number of para-hydroxylation sites is 2. The fourth-order valence-corrected chi connectivity index (χ4v) is 3.59. The van der Waals surface area contributed by atoms with Gasteiger partial charge in [-0.1, -0.05) is 24.3 Å². The first kappa shape index (κ1) is 25.5. The SMILES string of the molecule is COCCN1C(=O)/C(=C\c2ccc(OCC(=O)Nc3ccccc3OC)cc2)C(C(=O)OC)=C1C. The van der Waals surface area contributed by atoms with Crippen LogP contribution in [0.25, 0.3) is 6.08 Å². The monoisotopic (exact) mass is 480 g/mol. The molecule has 0 bridgehead atoms. The smallest absolute Gasteiger partial charge is 0.340 e. The summed E-state index contributed by atoms with van der Waals surface area (Å²) in [4.78, 5) is 39.1. The van der Waals surface area contributed by atoms with Crippen LogP contribution in [0.2, 0.25) is 0 Å². The van der Waals surface area contributed by atoms with Crippen LogP contribution in [0.5, 0.6) is 11.5 Å². The first-order valence-corrected chi connectivity index (χ1v) is 10.9. The van der Waals surface area contributed by atoms with Crippen molar-refractivity contribution in [3.63, 3.8) is 0 Å². The molecule has 0 atom stereocenters. The van der Waals surface area contributed by atoms with Crippen LogP contribution in [0.1, 0.15) is 12.5 Å². The molecule has 0 saturated heterocycles. The second-order valence-electron chi connectivity index (χ2n) is 7.57. The minimum atomic E-state index is -0.581. The van der Waals surface area contributed by atoms with E-state index in [1.165, 1.54) is 19.1 Å². The molecule has 1 N–H and O–H groups in total. The number of nitrogens with one attached hydrogen (secondary N) is 1. The van der Waals surface area contributed by atoms with Crippen molar-refractivity contribution in [2.24, 2.45) is 0 Å². The summed E-state index contributed by atoms with van der Waals surface area (Å²) in [5, 5.41) is 2.74. The number of benzene rings is 2. The number of ether oxygens (including phenoxy) is 4. The van der Waals surface area contributed by atoms with Crippen molar-refractivity contribution in [2.75, 3.05) is 46.4 Å². The van der Waals surface area contributed by atoms with Gasteiger partial charge in [-0.15, -0.1) is 0 Å². The summed E-state index contributed by atoms with van der Waals surface area (Å²) < 4.78 is 20.8. The maximum atomic E-state index is 13.0. The molecule has 184 valence electrons. The number of amides is 2. The fourth-order valence-electron chi connectivity index (χ4n) is 3.59. The molecular weight excluding hydrogens is 452 g/mol. The highest BCUT2D eigenvalue weighted by atomic mass is 16.5. The molecule has 9 heteroatoms. The number of carbonyl (C=O) groups excluding carboxylic acids is 3. The maximum absolute atomic E-state index is 13.0. The van der Waals surface area contributed by atoms with E-state index in [1.807, 2.05) is 6.07 Å². The van der Waals surface area contributed by atoms with Crippen LogP contribution in [0.3, 0.4) is 0 Å². The Morgan fingerprint density at radius 2 is 1.74 bits per heavy atom. The quantitative estimate of drug-likeness (QED) is 0.412. The lowest BCUT2D eigenvalue weighted by atomic mass is 10.0. The molecule has 3 rings (SSSR count). The highest BCUT2D eigenvalue weighted by molar-refractivity contribution is 6.16. The average Bonchev–Trinajstić information content (AvgIpc) is 3.10. The number of esters is 1. The van der Waals surface area contributed by atoms with Crippen molar-refractivity contribution >= 4 is 29.5 Å². The van der Waals surface area contributed by atoms with Gasteiger partial charge in [0.2, 0.25) is 0 Å². The summed E-state index contributed by atoms with van der Waals surface area (Å²) in [6.07, 6.45) is 1.63. The molecule has 0 spiro atoms. The van der Waals surface area contributed by atoms with E-state index in [-0.39, 0.29) is 29.6 Å². The van der Waals surface area contributed by atoms with Crippen molar-refractivity contribution in [1.29, 1.82) is 0 Å². The zero-order chi connectivity index (χ0) is 25.4. The van der Waals surface area contributed by atoms with Crippen molar-refractivity contribution < 1.29 is 33.3 Å². The van der Waals surface area contributed by atoms with Crippen LogP contribution >= 0.6 is 0 Å². The van der Waals surface area contributed by atoms with Gasteiger partial charge in [-0.3, -0.25) is 9.59 Å². The Labute approximate surface area is 203 Å². The molecular formula is C26H28N2O7. The summed E-state index contributed by atoms with van der Waals surface area (Å²) in [6, 6.07) is 13.9. The second-order valence-corrected chi connectivity index (χ2v) is 7.57. The van der Waals surface area contributed by atoms with Gasteiger partial charge in [0.1, 0.15) is 11.5 Å². The number of nitrogens with zero attached hydrogens (tertiary/aromatic N) is 1. The Balaban J connectivity index is 1.69. The summed E-state index contributed by atoms with van der Waals surface area (Å²) in [5.41, 5.74) is 2.22. The predicted molar refractivity (Wildman–Crippen MR) is 130 cm³/mol. The summed E-state index contributed by atoms with van der Waals surface area (Å²) in [7, 11) is 4.35. The van der Waals surface area contributed by atoms with Gasteiger partial charge in [0.15, 0.2) is 6.61 Å². The third-order valence-electron chi connectivity index (χ3n) is 5.36. The minimum Gasteiger partial charge on any atom is -0.495 e. The summed E-state index contributed by atoms with van der Waals surface area (Å²) >= 11 is 0. The normalized spacial score (nSPS) is 14.3. The third-order valence-corrected chi connectivity index (χ3v) is 5.36. The van der Waals surface area contributed by atoms with Gasteiger partial charge < -0.3 is 29.2 Å². The fraction of sp³-hybridized carbons (Fsp3) is 0.269. The molecule has 2 aromatic carbocycles. The third kappa shape index (κ3) is 6.07. The molecule has 0 saturated carbocycles. The van der Waals surface area contributed by atoms with E-state index in [1.54, 1.807) is 62.6 Å². The van der Waals surface area contributed by atoms with Gasteiger partial charge in [0.05, 0.1) is 37.7 Å². The predicted octanol–water partition coefficient (Wildman–Crippen LogP) is 3.03. The lowest BCUT2D eigenvalue weighted by Crippen LogP contribution is -2.28. The van der Waals surface area contributed by atoms with E-state index >= 15 is 0 Å². The minimum absolute atomic E-state index is 0.195. The highest BCUT2D eigenvalue weighted by Crippen LogP contribution is 2.31. The standard InChI is InChI=1S/C26H28N2O7/c1-17-24(26(31)34-4)20(25(30)28(17)13-14-32-2)15-18-9-11-19(12-10-18)35-16-23(29)27-21-7-5-6-8-22(21)33-3/h5-12,15H,13-14,16H2,1-4H3,(H,27,29)/b20-15-. The molecule has 2 aromatic rings. The maximum Gasteiger partial charge on any atom is 0.340 e. The summed E-state index contributed by atoms with van der Waals surface area (Å²) in [5.74, 6) is -0.189. The molecule has 0 fully saturated rings. The van der Waals surface area contributed by atoms with Crippen molar-refractivity contribution in [2.45, 2.75) is 6.92 Å². The van der Waals surface area contributed by atoms with Crippen molar-refractivity contribution in [1.82, 2.24) is 4.90 Å². The van der Waals surface area contributed by atoms with Gasteiger partial charge >= 0.3 is 5.97 Å². The van der Waals surface area contributed by atoms with E-state index in [2.05, 4.69) is 5.32 Å². The molecule has 0 radical (unpaired) electrons. The number of allylic oxidation sites excluding steroid dienone is 1. The first-order valence-electron chi connectivity index (χ1n) is 10.9. The zero-order valence-electron chi connectivity index (χ0n) is 20.1. The van der Waals surface area contributed by atoms with Gasteiger partial charge in [-0.2, -0.15) is 0 Å². The Hall–Kier alpha value is -4.11. The largest absolute Gasteiger partial charge is 0.495 e. The second kappa shape index (κ2) is 11.8. The summed E-state index contributed by atoms with van der Waals surface area (Å²) in [6.45, 7) is 2.16. The number of carbonyl (C=O) groups is 3. The number of methoxy groups -OCH3 is 3. The van der Waals surface area contributed by atoms with Crippen molar-refractivity contribution in [3.8, 4) is 11.5 Å². The van der Waals surface area contributed by atoms with Crippen molar-refractivity contribution in [3.05, 3.63) is 70.9 Å². The molecule has 0 aromatic heterocycles. The molecule has 1 heterocycles.